The highest BCUT2D eigenvalue weighted by atomic mass is 19.3. The van der Waals surface area contributed by atoms with Gasteiger partial charge < -0.3 is 10.1 Å². The molecule has 1 aromatic carbocycles. The number of alkyl halides is 2. The first kappa shape index (κ1) is 18.4. The van der Waals surface area contributed by atoms with Gasteiger partial charge in [0, 0.05) is 23.8 Å². The fourth-order valence-electron chi connectivity index (χ4n) is 1.79. The third kappa shape index (κ3) is 5.00. The lowest BCUT2D eigenvalue weighted by molar-refractivity contribution is 0.146. The number of nitrogens with one attached hydrogen (secondary N) is 2. The standard InChI is InChI=1S/C16H16F3N5O/c1-9-6-22-16(23-10(9)2)25-8-12(24-20)7-21-11-3-4-14(17)13(5-11)15(18)19/h3-7,15,20-21H,8H2,1-2H3/b12-7-,24-20?. The molecule has 2 rings (SSSR count). The second-order valence-corrected chi connectivity index (χ2v) is 5.14. The summed E-state index contributed by atoms with van der Waals surface area (Å²) in [5.41, 5.74) is 8.51. The zero-order valence-corrected chi connectivity index (χ0v) is 13.6. The van der Waals surface area contributed by atoms with Crippen molar-refractivity contribution in [2.75, 3.05) is 11.9 Å². The van der Waals surface area contributed by atoms with Crippen LogP contribution in [-0.4, -0.2) is 16.6 Å². The number of aryl methyl sites for hydroxylation is 2. The van der Waals surface area contributed by atoms with Crippen LogP contribution in [0, 0.1) is 25.2 Å². The Kier molecular flexibility index (Phi) is 6.04. The quantitative estimate of drug-likeness (QED) is 0.718. The number of hydrogen-bond donors (Lipinski definition) is 2. The molecule has 0 saturated carbocycles. The van der Waals surface area contributed by atoms with Crippen LogP contribution >= 0.6 is 0 Å². The van der Waals surface area contributed by atoms with Crippen molar-refractivity contribution in [1.29, 1.82) is 5.53 Å². The number of anilines is 1. The van der Waals surface area contributed by atoms with E-state index in [1.807, 2.05) is 13.8 Å². The number of ether oxygens (including phenoxy) is 1. The van der Waals surface area contributed by atoms with E-state index in [-0.39, 0.29) is 24.0 Å². The Labute approximate surface area is 142 Å². The summed E-state index contributed by atoms with van der Waals surface area (Å²) in [4.78, 5) is 8.12. The predicted molar refractivity (Wildman–Crippen MR) is 85.2 cm³/mol. The van der Waals surface area contributed by atoms with Crippen molar-refractivity contribution in [3.63, 3.8) is 0 Å². The van der Waals surface area contributed by atoms with Crippen LogP contribution in [0.2, 0.25) is 0 Å². The minimum Gasteiger partial charge on any atom is -0.457 e. The lowest BCUT2D eigenvalue weighted by Gasteiger charge is -2.08. The van der Waals surface area contributed by atoms with E-state index >= 15 is 0 Å². The van der Waals surface area contributed by atoms with Crippen molar-refractivity contribution in [3.05, 3.63) is 58.9 Å². The average Bonchev–Trinajstić information content (AvgIpc) is 2.59. The van der Waals surface area contributed by atoms with Crippen molar-refractivity contribution in [2.45, 2.75) is 20.3 Å². The fraction of sp³-hybridized carbons (Fsp3) is 0.250. The van der Waals surface area contributed by atoms with E-state index < -0.39 is 17.8 Å². The highest BCUT2D eigenvalue weighted by Crippen LogP contribution is 2.25. The second kappa shape index (κ2) is 8.22. The summed E-state index contributed by atoms with van der Waals surface area (Å²) >= 11 is 0. The van der Waals surface area contributed by atoms with Gasteiger partial charge in [0.1, 0.15) is 18.1 Å². The van der Waals surface area contributed by atoms with Gasteiger partial charge in [-0.1, -0.05) is 0 Å². The smallest absolute Gasteiger partial charge is 0.316 e. The van der Waals surface area contributed by atoms with Crippen molar-refractivity contribution < 1.29 is 17.9 Å². The van der Waals surface area contributed by atoms with Gasteiger partial charge in [-0.2, -0.15) is 5.11 Å². The molecule has 0 saturated heterocycles. The van der Waals surface area contributed by atoms with E-state index in [0.29, 0.717) is 0 Å². The molecule has 0 amide bonds. The van der Waals surface area contributed by atoms with Gasteiger partial charge in [0.15, 0.2) is 0 Å². The maximum atomic E-state index is 13.2. The van der Waals surface area contributed by atoms with Crippen molar-refractivity contribution in [1.82, 2.24) is 9.97 Å². The van der Waals surface area contributed by atoms with Gasteiger partial charge in [0.25, 0.3) is 6.43 Å². The summed E-state index contributed by atoms with van der Waals surface area (Å²) in [5.74, 6) is -0.981. The first-order valence-corrected chi connectivity index (χ1v) is 7.24. The molecule has 0 atom stereocenters. The van der Waals surface area contributed by atoms with Gasteiger partial charge in [-0.25, -0.2) is 28.7 Å². The number of rotatable bonds is 7. The topological polar surface area (TPSA) is 83.2 Å². The Morgan fingerprint density at radius 3 is 2.80 bits per heavy atom. The molecule has 0 unspecified atom stereocenters. The third-order valence-corrected chi connectivity index (χ3v) is 3.33. The van der Waals surface area contributed by atoms with E-state index in [9.17, 15) is 13.2 Å². The van der Waals surface area contributed by atoms with Gasteiger partial charge in [-0.15, -0.1) is 0 Å². The first-order valence-electron chi connectivity index (χ1n) is 7.24. The SMILES string of the molecule is Cc1cnc(OC/C(=C/Nc2ccc(F)c(C(F)F)c2)N=N)nc1C. The molecule has 1 heterocycles. The van der Waals surface area contributed by atoms with E-state index in [0.717, 1.165) is 23.4 Å². The lowest BCUT2D eigenvalue weighted by Crippen LogP contribution is -2.05. The van der Waals surface area contributed by atoms with Crippen LogP contribution in [0.1, 0.15) is 23.2 Å². The minimum atomic E-state index is -2.92. The number of benzene rings is 1. The summed E-state index contributed by atoms with van der Waals surface area (Å²) in [7, 11) is 0. The molecule has 9 heteroatoms. The van der Waals surface area contributed by atoms with Crippen molar-refractivity contribution in [3.8, 4) is 6.01 Å². The summed E-state index contributed by atoms with van der Waals surface area (Å²) in [6, 6.07) is 3.37. The summed E-state index contributed by atoms with van der Waals surface area (Å²) < 4.78 is 43.9. The molecule has 0 spiro atoms. The molecule has 0 aliphatic carbocycles. The molecule has 1 aromatic heterocycles. The highest BCUT2D eigenvalue weighted by molar-refractivity contribution is 5.49. The first-order chi connectivity index (χ1) is 11.9. The van der Waals surface area contributed by atoms with E-state index in [1.165, 1.54) is 12.3 Å². The highest BCUT2D eigenvalue weighted by Gasteiger charge is 2.13. The van der Waals surface area contributed by atoms with Crippen LogP contribution in [-0.2, 0) is 0 Å². The maximum absolute atomic E-state index is 13.2. The zero-order valence-electron chi connectivity index (χ0n) is 13.6. The van der Waals surface area contributed by atoms with E-state index in [2.05, 4.69) is 20.4 Å². The molecule has 25 heavy (non-hydrogen) atoms. The van der Waals surface area contributed by atoms with Crippen LogP contribution in [0.4, 0.5) is 18.9 Å². The Balaban J connectivity index is 2.04. The average molecular weight is 351 g/mol. The maximum Gasteiger partial charge on any atom is 0.316 e. The van der Waals surface area contributed by atoms with E-state index in [4.69, 9.17) is 10.3 Å². The molecule has 0 aliphatic heterocycles. The summed E-state index contributed by atoms with van der Waals surface area (Å²) in [5, 5.41) is 5.96. The van der Waals surface area contributed by atoms with Crippen LogP contribution in [0.15, 0.2) is 41.4 Å². The predicted octanol–water partition coefficient (Wildman–Crippen LogP) is 4.53. The van der Waals surface area contributed by atoms with Crippen LogP contribution in [0.5, 0.6) is 6.01 Å². The molecule has 2 aromatic rings. The molecule has 0 bridgehead atoms. The molecule has 2 N–H and O–H groups in total. The monoisotopic (exact) mass is 351 g/mol. The van der Waals surface area contributed by atoms with Crippen LogP contribution in [0.3, 0.4) is 0 Å². The molecule has 0 aliphatic rings. The molecule has 0 fully saturated rings. The van der Waals surface area contributed by atoms with Gasteiger partial charge in [0.05, 0.1) is 5.56 Å². The Morgan fingerprint density at radius 2 is 2.16 bits per heavy atom. The largest absolute Gasteiger partial charge is 0.457 e. The van der Waals surface area contributed by atoms with Gasteiger partial charge >= 0.3 is 6.01 Å². The fourth-order valence-corrected chi connectivity index (χ4v) is 1.79. The van der Waals surface area contributed by atoms with E-state index in [1.54, 1.807) is 6.20 Å². The minimum absolute atomic E-state index is 0.0953. The third-order valence-electron chi connectivity index (χ3n) is 3.33. The number of hydrogen-bond acceptors (Lipinski definition) is 6. The second-order valence-electron chi connectivity index (χ2n) is 5.14. The Hall–Kier alpha value is -2.97. The zero-order chi connectivity index (χ0) is 18.4. The molecular formula is C16H16F3N5O. The van der Waals surface area contributed by atoms with Crippen molar-refractivity contribution in [2.24, 2.45) is 5.11 Å². The lowest BCUT2D eigenvalue weighted by atomic mass is 10.2. The number of aromatic nitrogens is 2. The molecule has 6 nitrogen and oxygen atoms in total. The van der Waals surface area contributed by atoms with Crippen LogP contribution in [0.25, 0.3) is 0 Å². The summed E-state index contributed by atoms with van der Waals surface area (Å²) in [6.45, 7) is 3.58. The van der Waals surface area contributed by atoms with Crippen molar-refractivity contribution >= 4 is 5.69 Å². The molecular weight excluding hydrogens is 335 g/mol. The summed E-state index contributed by atoms with van der Waals surface area (Å²) in [6.07, 6.45) is -0.00533. The Bertz CT molecular complexity index is 795. The molecule has 132 valence electrons. The van der Waals surface area contributed by atoms with Crippen LogP contribution < -0.4 is 10.1 Å². The van der Waals surface area contributed by atoms with Gasteiger partial charge in [-0.3, -0.25) is 0 Å². The van der Waals surface area contributed by atoms with Gasteiger partial charge in [-0.05, 0) is 37.6 Å². The number of nitrogens with zero attached hydrogens (tertiary/aromatic N) is 3. The Morgan fingerprint density at radius 1 is 1.40 bits per heavy atom. The normalized spacial score (nSPS) is 11.5. The van der Waals surface area contributed by atoms with Gasteiger partial charge in [0.2, 0.25) is 0 Å². The molecule has 0 radical (unpaired) electrons. The number of halogens is 3.